The van der Waals surface area contributed by atoms with Gasteiger partial charge in [0, 0.05) is 51.8 Å². The molecule has 0 aliphatic heterocycles. The number of ether oxygens (including phenoxy) is 1. The normalized spacial score (nSPS) is 11.0. The van der Waals surface area contributed by atoms with Gasteiger partial charge in [0.25, 0.3) is 0 Å². The van der Waals surface area contributed by atoms with Crippen LogP contribution in [0.15, 0.2) is 66.9 Å². The number of hydrogen-bond donors (Lipinski definition) is 0. The Labute approximate surface area is 174 Å². The molecule has 29 heavy (non-hydrogen) atoms. The predicted octanol–water partition coefficient (Wildman–Crippen LogP) is 4.76. The fourth-order valence-corrected chi connectivity index (χ4v) is 3.57. The van der Waals surface area contributed by atoms with Gasteiger partial charge in [0.15, 0.2) is 0 Å². The van der Waals surface area contributed by atoms with E-state index in [1.165, 1.54) is 22.4 Å². The van der Waals surface area contributed by atoms with Crippen molar-refractivity contribution in [3.8, 4) is 6.07 Å². The van der Waals surface area contributed by atoms with Crippen LogP contribution in [-0.2, 0) is 24.4 Å². The monoisotopic (exact) mass is 387 g/mol. The van der Waals surface area contributed by atoms with E-state index in [0.717, 1.165) is 39.2 Å². The molecular weight excluding hydrogens is 358 g/mol. The minimum atomic E-state index is 0.701. The van der Waals surface area contributed by atoms with Crippen LogP contribution in [0.5, 0.6) is 0 Å². The van der Waals surface area contributed by atoms with Crippen molar-refractivity contribution < 1.29 is 4.74 Å². The van der Waals surface area contributed by atoms with Gasteiger partial charge in [-0.05, 0) is 48.7 Å². The molecular formula is C25H29N3O. The Hall–Kier alpha value is -2.87. The smallest absolute Gasteiger partial charge is 0.0991 e. The van der Waals surface area contributed by atoms with E-state index < -0.39 is 0 Å². The highest BCUT2D eigenvalue weighted by Crippen LogP contribution is 2.15. The molecule has 0 saturated carbocycles. The predicted molar refractivity (Wildman–Crippen MR) is 116 cm³/mol. The highest BCUT2D eigenvalue weighted by Gasteiger charge is 2.11. The van der Waals surface area contributed by atoms with Crippen LogP contribution in [0, 0.1) is 18.3 Å². The average Bonchev–Trinajstić information content (AvgIpc) is 3.15. The summed E-state index contributed by atoms with van der Waals surface area (Å²) >= 11 is 0. The van der Waals surface area contributed by atoms with E-state index in [2.05, 4.69) is 65.1 Å². The Morgan fingerprint density at radius 2 is 1.83 bits per heavy atom. The van der Waals surface area contributed by atoms with Crippen molar-refractivity contribution in [2.75, 3.05) is 20.3 Å². The van der Waals surface area contributed by atoms with Crippen molar-refractivity contribution >= 4 is 0 Å². The van der Waals surface area contributed by atoms with Gasteiger partial charge in [-0.25, -0.2) is 0 Å². The second-order valence-corrected chi connectivity index (χ2v) is 7.48. The molecule has 0 radical (unpaired) electrons. The minimum Gasteiger partial charge on any atom is -0.385 e. The SMILES string of the molecule is COCCCN(Cc1ccc(C#N)cc1)Cc1cccn1Cc1cccc(C)c1. The highest BCUT2D eigenvalue weighted by molar-refractivity contribution is 5.31. The molecule has 0 fully saturated rings. The summed E-state index contributed by atoms with van der Waals surface area (Å²) in [6.07, 6.45) is 3.15. The van der Waals surface area contributed by atoms with Crippen LogP contribution in [0.2, 0.25) is 0 Å². The molecule has 0 N–H and O–H groups in total. The van der Waals surface area contributed by atoms with Crippen LogP contribution >= 0.6 is 0 Å². The third-order valence-corrected chi connectivity index (χ3v) is 5.06. The number of nitrogens with zero attached hydrogens (tertiary/aromatic N) is 3. The zero-order valence-electron chi connectivity index (χ0n) is 17.3. The Kier molecular flexibility index (Phi) is 7.63. The van der Waals surface area contributed by atoms with E-state index in [0.29, 0.717) is 5.56 Å². The van der Waals surface area contributed by atoms with Crippen molar-refractivity contribution in [3.63, 3.8) is 0 Å². The maximum atomic E-state index is 9.02. The fraction of sp³-hybridized carbons (Fsp3) is 0.320. The molecule has 0 aliphatic rings. The van der Waals surface area contributed by atoms with E-state index in [4.69, 9.17) is 10.00 Å². The first-order valence-corrected chi connectivity index (χ1v) is 10.1. The van der Waals surface area contributed by atoms with Gasteiger partial charge in [-0.2, -0.15) is 5.26 Å². The summed E-state index contributed by atoms with van der Waals surface area (Å²) < 4.78 is 7.58. The summed E-state index contributed by atoms with van der Waals surface area (Å²) in [7, 11) is 1.75. The lowest BCUT2D eigenvalue weighted by atomic mass is 10.1. The second kappa shape index (κ2) is 10.6. The van der Waals surface area contributed by atoms with Crippen LogP contribution in [0.25, 0.3) is 0 Å². The molecule has 4 heteroatoms. The molecule has 0 amide bonds. The van der Waals surface area contributed by atoms with Crippen LogP contribution in [0.4, 0.5) is 0 Å². The summed E-state index contributed by atoms with van der Waals surface area (Å²) in [5.74, 6) is 0. The first-order chi connectivity index (χ1) is 14.2. The third kappa shape index (κ3) is 6.32. The van der Waals surface area contributed by atoms with E-state index in [-0.39, 0.29) is 0 Å². The van der Waals surface area contributed by atoms with E-state index in [1.54, 1.807) is 7.11 Å². The lowest BCUT2D eigenvalue weighted by Gasteiger charge is -2.23. The van der Waals surface area contributed by atoms with Crippen LogP contribution in [0.1, 0.15) is 34.4 Å². The number of aromatic nitrogens is 1. The van der Waals surface area contributed by atoms with Crippen molar-refractivity contribution in [2.24, 2.45) is 0 Å². The van der Waals surface area contributed by atoms with E-state index >= 15 is 0 Å². The van der Waals surface area contributed by atoms with Gasteiger partial charge in [0.1, 0.15) is 0 Å². The van der Waals surface area contributed by atoms with Gasteiger partial charge >= 0.3 is 0 Å². The third-order valence-electron chi connectivity index (χ3n) is 5.06. The number of benzene rings is 2. The Morgan fingerprint density at radius 1 is 1.00 bits per heavy atom. The van der Waals surface area contributed by atoms with Gasteiger partial charge < -0.3 is 9.30 Å². The molecule has 3 aromatic rings. The second-order valence-electron chi connectivity index (χ2n) is 7.48. The molecule has 0 atom stereocenters. The Balaban J connectivity index is 1.71. The topological polar surface area (TPSA) is 41.2 Å². The molecule has 1 aromatic heterocycles. The lowest BCUT2D eigenvalue weighted by molar-refractivity contribution is 0.165. The number of nitriles is 1. The molecule has 0 saturated heterocycles. The van der Waals surface area contributed by atoms with Gasteiger partial charge in [-0.15, -0.1) is 0 Å². The number of aryl methyl sites for hydroxylation is 1. The molecule has 0 unspecified atom stereocenters. The van der Waals surface area contributed by atoms with Crippen molar-refractivity contribution in [1.29, 1.82) is 5.26 Å². The largest absolute Gasteiger partial charge is 0.385 e. The molecule has 0 spiro atoms. The summed E-state index contributed by atoms with van der Waals surface area (Å²) in [5.41, 5.74) is 5.83. The fourth-order valence-electron chi connectivity index (χ4n) is 3.57. The maximum Gasteiger partial charge on any atom is 0.0991 e. The molecule has 3 rings (SSSR count). The summed E-state index contributed by atoms with van der Waals surface area (Å²) in [5, 5.41) is 9.02. The molecule has 2 aromatic carbocycles. The number of methoxy groups -OCH3 is 1. The zero-order valence-corrected chi connectivity index (χ0v) is 17.3. The quantitative estimate of drug-likeness (QED) is 0.471. The van der Waals surface area contributed by atoms with Crippen LogP contribution in [-0.4, -0.2) is 29.7 Å². The number of rotatable bonds is 10. The van der Waals surface area contributed by atoms with Gasteiger partial charge in [-0.3, -0.25) is 4.90 Å². The Morgan fingerprint density at radius 3 is 2.55 bits per heavy atom. The molecule has 0 bridgehead atoms. The van der Waals surface area contributed by atoms with Crippen molar-refractivity contribution in [2.45, 2.75) is 33.0 Å². The molecule has 150 valence electrons. The molecule has 4 nitrogen and oxygen atoms in total. The number of hydrogen-bond acceptors (Lipinski definition) is 3. The van der Waals surface area contributed by atoms with Gasteiger partial charge in [0.2, 0.25) is 0 Å². The lowest BCUT2D eigenvalue weighted by Crippen LogP contribution is -2.26. The average molecular weight is 388 g/mol. The molecule has 1 heterocycles. The van der Waals surface area contributed by atoms with E-state index in [9.17, 15) is 0 Å². The Bertz CT molecular complexity index is 937. The minimum absolute atomic E-state index is 0.701. The van der Waals surface area contributed by atoms with Crippen LogP contribution in [0.3, 0.4) is 0 Å². The summed E-state index contributed by atoms with van der Waals surface area (Å²) in [6.45, 7) is 6.47. The standard InChI is InChI=1S/C25H29N3O/c1-21-6-3-7-24(16-21)19-28-14-4-8-25(28)20-27(13-5-15-29-2)18-23-11-9-22(17-26)10-12-23/h3-4,6-12,14,16H,5,13,15,18-20H2,1-2H3. The first-order valence-electron chi connectivity index (χ1n) is 10.1. The maximum absolute atomic E-state index is 9.02. The summed E-state index contributed by atoms with van der Waals surface area (Å²) in [6, 6.07) is 23.1. The zero-order chi connectivity index (χ0) is 20.5. The first kappa shape index (κ1) is 20.9. The highest BCUT2D eigenvalue weighted by atomic mass is 16.5. The summed E-state index contributed by atoms with van der Waals surface area (Å²) in [4.78, 5) is 2.45. The van der Waals surface area contributed by atoms with Crippen LogP contribution < -0.4 is 0 Å². The van der Waals surface area contributed by atoms with Gasteiger partial charge in [0.05, 0.1) is 11.6 Å². The van der Waals surface area contributed by atoms with E-state index in [1.807, 2.05) is 24.3 Å². The van der Waals surface area contributed by atoms with Gasteiger partial charge in [-0.1, -0.05) is 42.0 Å². The van der Waals surface area contributed by atoms with Crippen molar-refractivity contribution in [3.05, 3.63) is 94.8 Å². The molecule has 0 aliphatic carbocycles. The van der Waals surface area contributed by atoms with Crippen molar-refractivity contribution in [1.82, 2.24) is 9.47 Å².